The van der Waals surface area contributed by atoms with Gasteiger partial charge in [-0.05, 0) is 33.2 Å². The number of ether oxygens (including phenoxy) is 1. The summed E-state index contributed by atoms with van der Waals surface area (Å²) in [5, 5.41) is 13.3. The third-order valence-corrected chi connectivity index (χ3v) is 5.80. The van der Waals surface area contributed by atoms with Crippen LogP contribution in [-0.2, 0) is 11.3 Å². The number of piperidine rings is 1. The highest BCUT2D eigenvalue weighted by atomic mass is 32.1. The van der Waals surface area contributed by atoms with Crippen molar-refractivity contribution >= 4 is 16.5 Å². The van der Waals surface area contributed by atoms with Crippen molar-refractivity contribution in [2.75, 3.05) is 37.7 Å². The van der Waals surface area contributed by atoms with E-state index >= 15 is 0 Å². The van der Waals surface area contributed by atoms with Crippen LogP contribution in [0.3, 0.4) is 0 Å². The number of nitrogens with zero attached hydrogens (tertiary/aromatic N) is 5. The van der Waals surface area contributed by atoms with E-state index in [2.05, 4.69) is 25.2 Å². The third kappa shape index (κ3) is 3.05. The first kappa shape index (κ1) is 16.0. The molecule has 2 aromatic rings. The Morgan fingerprint density at radius 1 is 1.29 bits per heavy atom. The molecule has 130 valence electrons. The van der Waals surface area contributed by atoms with Gasteiger partial charge in [0.05, 0.1) is 24.4 Å². The van der Waals surface area contributed by atoms with Crippen LogP contribution in [0.25, 0.3) is 0 Å². The quantitative estimate of drug-likeness (QED) is 0.840. The normalized spacial score (nSPS) is 25.5. The lowest BCUT2D eigenvalue weighted by molar-refractivity contribution is -0.0986. The van der Waals surface area contributed by atoms with Gasteiger partial charge < -0.3 is 14.2 Å². The first-order valence-electron chi connectivity index (χ1n) is 8.44. The highest BCUT2D eigenvalue weighted by Crippen LogP contribution is 2.32. The third-order valence-electron chi connectivity index (χ3n) is 5.05. The van der Waals surface area contributed by atoms with Crippen LogP contribution >= 0.6 is 11.3 Å². The SMILES string of the molecule is Cc1noc(C)c1CN1CCC[C@@]2(C1)CN(c1nncs1)CCO2. The van der Waals surface area contributed by atoms with Gasteiger partial charge in [-0.3, -0.25) is 4.90 Å². The molecule has 2 fully saturated rings. The summed E-state index contributed by atoms with van der Waals surface area (Å²) in [6, 6.07) is 0. The summed E-state index contributed by atoms with van der Waals surface area (Å²) in [5.74, 6) is 0.923. The predicted molar refractivity (Wildman–Crippen MR) is 91.3 cm³/mol. The Balaban J connectivity index is 1.47. The highest BCUT2D eigenvalue weighted by Gasteiger charge is 2.41. The van der Waals surface area contributed by atoms with Crippen LogP contribution in [0, 0.1) is 13.8 Å². The van der Waals surface area contributed by atoms with Gasteiger partial charge in [0.25, 0.3) is 0 Å². The van der Waals surface area contributed by atoms with E-state index in [1.807, 2.05) is 13.8 Å². The molecule has 0 aromatic carbocycles. The van der Waals surface area contributed by atoms with Crippen molar-refractivity contribution in [3.05, 3.63) is 22.5 Å². The van der Waals surface area contributed by atoms with Crippen LogP contribution in [-0.4, -0.2) is 58.6 Å². The van der Waals surface area contributed by atoms with Gasteiger partial charge in [0.15, 0.2) is 0 Å². The number of hydrogen-bond donors (Lipinski definition) is 0. The molecule has 2 saturated heterocycles. The molecule has 0 aliphatic carbocycles. The van der Waals surface area contributed by atoms with Crippen LogP contribution in [0.4, 0.5) is 5.13 Å². The van der Waals surface area contributed by atoms with Crippen molar-refractivity contribution in [2.45, 2.75) is 38.8 Å². The molecule has 0 amide bonds. The van der Waals surface area contributed by atoms with Crippen LogP contribution in [0.15, 0.2) is 10.0 Å². The Hall–Kier alpha value is -1.51. The standard InChI is InChI=1S/C16H23N5O2S/c1-12-14(13(2)23-19-12)8-20-5-3-4-16(9-20)10-21(6-7-22-16)15-18-17-11-24-15/h11H,3-10H2,1-2H3/t16-/m1/s1. The second-order valence-electron chi connectivity index (χ2n) is 6.79. The monoisotopic (exact) mass is 349 g/mol. The Bertz CT molecular complexity index is 665. The summed E-state index contributed by atoms with van der Waals surface area (Å²) in [5.41, 5.74) is 3.89. The molecule has 4 heterocycles. The summed E-state index contributed by atoms with van der Waals surface area (Å²) in [7, 11) is 0. The average molecular weight is 349 g/mol. The van der Waals surface area contributed by atoms with Crippen molar-refractivity contribution in [1.82, 2.24) is 20.3 Å². The average Bonchev–Trinajstić information content (AvgIpc) is 3.21. The van der Waals surface area contributed by atoms with Gasteiger partial charge in [-0.15, -0.1) is 10.2 Å². The minimum absolute atomic E-state index is 0.110. The van der Waals surface area contributed by atoms with E-state index in [-0.39, 0.29) is 5.60 Å². The van der Waals surface area contributed by atoms with Crippen molar-refractivity contribution in [3.8, 4) is 0 Å². The Morgan fingerprint density at radius 3 is 2.96 bits per heavy atom. The van der Waals surface area contributed by atoms with E-state index in [1.54, 1.807) is 16.8 Å². The molecular weight excluding hydrogens is 326 g/mol. The number of hydrogen-bond acceptors (Lipinski definition) is 8. The Labute approximate surface area is 145 Å². The minimum atomic E-state index is -0.110. The lowest BCUT2D eigenvalue weighted by Crippen LogP contribution is -2.59. The smallest absolute Gasteiger partial charge is 0.208 e. The molecule has 7 nitrogen and oxygen atoms in total. The molecule has 2 aromatic heterocycles. The zero-order valence-electron chi connectivity index (χ0n) is 14.2. The van der Waals surface area contributed by atoms with E-state index in [0.29, 0.717) is 0 Å². The maximum atomic E-state index is 6.28. The number of aromatic nitrogens is 3. The molecular formula is C16H23N5O2S. The predicted octanol–water partition coefficient (Wildman–Crippen LogP) is 2.01. The number of likely N-dealkylation sites (tertiary alicyclic amines) is 1. The summed E-state index contributed by atoms with van der Waals surface area (Å²) in [4.78, 5) is 4.79. The maximum absolute atomic E-state index is 6.28. The van der Waals surface area contributed by atoms with E-state index in [9.17, 15) is 0 Å². The molecule has 1 spiro atoms. The minimum Gasteiger partial charge on any atom is -0.370 e. The fourth-order valence-electron chi connectivity index (χ4n) is 3.84. The Morgan fingerprint density at radius 2 is 2.21 bits per heavy atom. The molecule has 4 rings (SSSR count). The molecule has 2 aliphatic heterocycles. The van der Waals surface area contributed by atoms with E-state index in [4.69, 9.17) is 9.26 Å². The fourth-order valence-corrected chi connectivity index (χ4v) is 4.42. The van der Waals surface area contributed by atoms with Gasteiger partial charge in [-0.25, -0.2) is 0 Å². The van der Waals surface area contributed by atoms with E-state index < -0.39 is 0 Å². The van der Waals surface area contributed by atoms with Crippen LogP contribution < -0.4 is 4.90 Å². The topological polar surface area (TPSA) is 67.5 Å². The van der Waals surface area contributed by atoms with Gasteiger partial charge in [0.1, 0.15) is 11.3 Å². The van der Waals surface area contributed by atoms with Crippen molar-refractivity contribution in [2.24, 2.45) is 0 Å². The second kappa shape index (κ2) is 6.42. The lowest BCUT2D eigenvalue weighted by Gasteiger charge is -2.48. The number of anilines is 1. The van der Waals surface area contributed by atoms with Crippen molar-refractivity contribution < 1.29 is 9.26 Å². The first-order chi connectivity index (χ1) is 11.7. The molecule has 24 heavy (non-hydrogen) atoms. The van der Waals surface area contributed by atoms with Gasteiger partial charge in [-0.2, -0.15) is 0 Å². The molecule has 0 unspecified atom stereocenters. The molecule has 0 radical (unpaired) electrons. The van der Waals surface area contributed by atoms with E-state index in [1.165, 1.54) is 5.56 Å². The van der Waals surface area contributed by atoms with Crippen LogP contribution in [0.1, 0.15) is 29.9 Å². The molecule has 1 atom stereocenters. The maximum Gasteiger partial charge on any atom is 0.208 e. The molecule has 0 saturated carbocycles. The lowest BCUT2D eigenvalue weighted by atomic mass is 9.90. The van der Waals surface area contributed by atoms with Gasteiger partial charge in [-0.1, -0.05) is 16.5 Å². The molecule has 0 bridgehead atoms. The van der Waals surface area contributed by atoms with Crippen molar-refractivity contribution in [3.63, 3.8) is 0 Å². The summed E-state index contributed by atoms with van der Waals surface area (Å²) in [6.45, 7) is 9.44. The fraction of sp³-hybridized carbons (Fsp3) is 0.688. The number of morpholine rings is 1. The summed E-state index contributed by atoms with van der Waals surface area (Å²) in [6.07, 6.45) is 2.24. The van der Waals surface area contributed by atoms with Crippen LogP contribution in [0.2, 0.25) is 0 Å². The molecule has 2 aliphatic rings. The summed E-state index contributed by atoms with van der Waals surface area (Å²) >= 11 is 1.60. The van der Waals surface area contributed by atoms with Crippen LogP contribution in [0.5, 0.6) is 0 Å². The number of aryl methyl sites for hydroxylation is 2. The largest absolute Gasteiger partial charge is 0.370 e. The Kier molecular flexibility index (Phi) is 4.28. The summed E-state index contributed by atoms with van der Waals surface area (Å²) < 4.78 is 11.6. The number of rotatable bonds is 3. The highest BCUT2D eigenvalue weighted by molar-refractivity contribution is 7.13. The van der Waals surface area contributed by atoms with Gasteiger partial charge in [0, 0.05) is 25.2 Å². The van der Waals surface area contributed by atoms with E-state index in [0.717, 1.165) is 68.8 Å². The molecule has 0 N–H and O–H groups in total. The second-order valence-corrected chi connectivity index (χ2v) is 7.60. The first-order valence-corrected chi connectivity index (χ1v) is 9.32. The van der Waals surface area contributed by atoms with Gasteiger partial charge >= 0.3 is 0 Å². The molecule has 8 heteroatoms. The van der Waals surface area contributed by atoms with Gasteiger partial charge in [0.2, 0.25) is 5.13 Å². The van der Waals surface area contributed by atoms with Crippen molar-refractivity contribution in [1.29, 1.82) is 0 Å². The zero-order chi connectivity index (χ0) is 16.6. The zero-order valence-corrected chi connectivity index (χ0v) is 15.0.